The lowest BCUT2D eigenvalue weighted by molar-refractivity contribution is 0.226. The van der Waals surface area contributed by atoms with Crippen LogP contribution in [-0.4, -0.2) is 34.6 Å². The zero-order valence-corrected chi connectivity index (χ0v) is 9.73. The Morgan fingerprint density at radius 2 is 2.00 bits per heavy atom. The summed E-state index contributed by atoms with van der Waals surface area (Å²) >= 11 is 0. The number of nitrogens with zero attached hydrogens (tertiary/aromatic N) is 2. The van der Waals surface area contributed by atoms with Crippen LogP contribution in [0.4, 0.5) is 0 Å². The van der Waals surface area contributed by atoms with Gasteiger partial charge in [-0.05, 0) is 57.5 Å². The molecule has 3 nitrogen and oxygen atoms in total. The molecule has 0 radical (unpaired) electrons. The van der Waals surface area contributed by atoms with Crippen molar-refractivity contribution in [1.29, 1.82) is 0 Å². The first kappa shape index (κ1) is 11.4. The van der Waals surface area contributed by atoms with E-state index in [1.54, 1.807) is 6.07 Å². The third kappa shape index (κ3) is 3.49. The predicted molar refractivity (Wildman–Crippen MR) is 64.5 cm³/mol. The Morgan fingerprint density at radius 3 is 2.69 bits per heavy atom. The quantitative estimate of drug-likeness (QED) is 0.845. The maximum Gasteiger partial charge on any atom is 0.133 e. The topological polar surface area (TPSA) is 36.4 Å². The zero-order chi connectivity index (χ0) is 11.2. The highest BCUT2D eigenvalue weighted by Crippen LogP contribution is 2.11. The molecule has 16 heavy (non-hydrogen) atoms. The summed E-state index contributed by atoms with van der Waals surface area (Å²) in [5.74, 6) is 0.250. The number of hydrogen-bond acceptors (Lipinski definition) is 3. The maximum absolute atomic E-state index is 9.12. The molecule has 2 rings (SSSR count). The van der Waals surface area contributed by atoms with E-state index in [2.05, 4.69) is 9.88 Å². The van der Waals surface area contributed by atoms with E-state index >= 15 is 0 Å². The minimum atomic E-state index is 0.250. The number of likely N-dealkylation sites (tertiary alicyclic amines) is 1. The number of pyridine rings is 1. The van der Waals surface area contributed by atoms with Gasteiger partial charge >= 0.3 is 0 Å². The van der Waals surface area contributed by atoms with Crippen LogP contribution < -0.4 is 0 Å². The van der Waals surface area contributed by atoms with E-state index < -0.39 is 0 Å². The summed E-state index contributed by atoms with van der Waals surface area (Å²) in [5, 5.41) is 9.12. The van der Waals surface area contributed by atoms with Crippen molar-refractivity contribution in [1.82, 2.24) is 9.88 Å². The van der Waals surface area contributed by atoms with Crippen LogP contribution in [-0.2, 0) is 6.42 Å². The largest absolute Gasteiger partial charge is 0.506 e. The fraction of sp³-hybridized carbons (Fsp3) is 0.615. The highest BCUT2D eigenvalue weighted by atomic mass is 16.3. The number of hydrogen-bond donors (Lipinski definition) is 1. The fourth-order valence-electron chi connectivity index (χ4n) is 2.23. The summed E-state index contributed by atoms with van der Waals surface area (Å²) in [6.07, 6.45) is 7.82. The molecule has 1 aliphatic rings. The summed E-state index contributed by atoms with van der Waals surface area (Å²) in [6, 6.07) is 3.62. The molecule has 0 amide bonds. The zero-order valence-electron chi connectivity index (χ0n) is 9.73. The van der Waals surface area contributed by atoms with Gasteiger partial charge in [-0.2, -0.15) is 0 Å². The molecule has 1 aromatic rings. The highest BCUT2D eigenvalue weighted by Gasteiger charge is 2.09. The minimum absolute atomic E-state index is 0.250. The van der Waals surface area contributed by atoms with Crippen molar-refractivity contribution in [2.45, 2.75) is 32.1 Å². The van der Waals surface area contributed by atoms with Crippen molar-refractivity contribution in [3.63, 3.8) is 0 Å². The van der Waals surface area contributed by atoms with E-state index in [0.717, 1.165) is 18.5 Å². The minimum Gasteiger partial charge on any atom is -0.506 e. The van der Waals surface area contributed by atoms with Gasteiger partial charge in [0.25, 0.3) is 0 Å². The third-order valence-electron chi connectivity index (χ3n) is 3.17. The average molecular weight is 220 g/mol. The van der Waals surface area contributed by atoms with Crippen molar-refractivity contribution in [2.75, 3.05) is 19.6 Å². The Bertz CT molecular complexity index is 304. The van der Waals surface area contributed by atoms with Gasteiger partial charge in [-0.15, -0.1) is 0 Å². The molecule has 1 aromatic heterocycles. The van der Waals surface area contributed by atoms with Gasteiger partial charge in [-0.3, -0.25) is 4.98 Å². The third-order valence-corrected chi connectivity index (χ3v) is 3.17. The van der Waals surface area contributed by atoms with Crippen LogP contribution in [0.1, 0.15) is 31.4 Å². The Kier molecular flexibility index (Phi) is 4.17. The molecule has 2 heterocycles. The van der Waals surface area contributed by atoms with Crippen LogP contribution in [0.25, 0.3) is 0 Å². The summed E-state index contributed by atoms with van der Waals surface area (Å²) in [7, 11) is 0. The summed E-state index contributed by atoms with van der Waals surface area (Å²) in [4.78, 5) is 6.74. The molecule has 0 saturated carbocycles. The average Bonchev–Trinajstić information content (AvgIpc) is 2.33. The van der Waals surface area contributed by atoms with Crippen LogP contribution in [0.5, 0.6) is 5.75 Å². The van der Waals surface area contributed by atoms with E-state index in [-0.39, 0.29) is 5.75 Å². The number of aromatic hydroxyl groups is 1. The first-order valence-electron chi connectivity index (χ1n) is 6.21. The molecular weight excluding hydrogens is 200 g/mol. The standard InChI is InChI=1S/C13H20N2O/c16-13-7-6-12(14-11-13)5-4-10-15-8-2-1-3-9-15/h6-7,11,16H,1-5,8-10H2. The second-order valence-electron chi connectivity index (χ2n) is 4.51. The van der Waals surface area contributed by atoms with E-state index in [0.29, 0.717) is 0 Å². The molecule has 0 atom stereocenters. The molecule has 0 aromatic carbocycles. The molecule has 0 aliphatic carbocycles. The predicted octanol–water partition coefficient (Wildman–Crippen LogP) is 2.21. The van der Waals surface area contributed by atoms with Gasteiger partial charge in [0.2, 0.25) is 0 Å². The van der Waals surface area contributed by atoms with Crippen molar-refractivity contribution >= 4 is 0 Å². The lowest BCUT2D eigenvalue weighted by atomic mass is 10.1. The molecule has 0 spiro atoms. The van der Waals surface area contributed by atoms with E-state index in [1.807, 2.05) is 6.07 Å². The lowest BCUT2D eigenvalue weighted by Crippen LogP contribution is -2.30. The fourth-order valence-corrected chi connectivity index (χ4v) is 2.23. The number of aryl methyl sites for hydroxylation is 1. The molecule has 1 saturated heterocycles. The van der Waals surface area contributed by atoms with Crippen LogP contribution in [0, 0.1) is 0 Å². The smallest absolute Gasteiger partial charge is 0.133 e. The van der Waals surface area contributed by atoms with Crippen molar-refractivity contribution < 1.29 is 5.11 Å². The van der Waals surface area contributed by atoms with Crippen molar-refractivity contribution in [2.24, 2.45) is 0 Å². The van der Waals surface area contributed by atoms with Gasteiger partial charge < -0.3 is 10.0 Å². The Labute approximate surface area is 97.1 Å². The van der Waals surface area contributed by atoms with Gasteiger partial charge in [0.15, 0.2) is 0 Å². The normalized spacial score (nSPS) is 17.5. The summed E-state index contributed by atoms with van der Waals surface area (Å²) < 4.78 is 0. The SMILES string of the molecule is Oc1ccc(CCCN2CCCCC2)nc1. The van der Waals surface area contributed by atoms with Crippen molar-refractivity contribution in [3.8, 4) is 5.75 Å². The van der Waals surface area contributed by atoms with Gasteiger partial charge in [0.05, 0.1) is 6.20 Å². The van der Waals surface area contributed by atoms with Gasteiger partial charge in [-0.25, -0.2) is 0 Å². The summed E-state index contributed by atoms with van der Waals surface area (Å²) in [6.45, 7) is 3.72. The van der Waals surface area contributed by atoms with Crippen molar-refractivity contribution in [3.05, 3.63) is 24.0 Å². The second-order valence-corrected chi connectivity index (χ2v) is 4.51. The lowest BCUT2D eigenvalue weighted by Gasteiger charge is -2.26. The molecule has 88 valence electrons. The van der Waals surface area contributed by atoms with E-state index in [9.17, 15) is 0 Å². The Balaban J connectivity index is 1.69. The summed E-state index contributed by atoms with van der Waals surface area (Å²) in [5.41, 5.74) is 1.08. The van der Waals surface area contributed by atoms with Gasteiger partial charge in [0.1, 0.15) is 5.75 Å². The van der Waals surface area contributed by atoms with E-state index in [1.165, 1.54) is 45.1 Å². The molecule has 0 unspecified atom stereocenters. The van der Waals surface area contributed by atoms with Crippen LogP contribution >= 0.6 is 0 Å². The molecule has 1 fully saturated rings. The number of piperidine rings is 1. The van der Waals surface area contributed by atoms with Gasteiger partial charge in [-0.1, -0.05) is 6.42 Å². The van der Waals surface area contributed by atoms with Crippen LogP contribution in [0.2, 0.25) is 0 Å². The molecule has 1 N–H and O–H groups in total. The monoisotopic (exact) mass is 220 g/mol. The number of rotatable bonds is 4. The maximum atomic E-state index is 9.12. The highest BCUT2D eigenvalue weighted by molar-refractivity contribution is 5.17. The van der Waals surface area contributed by atoms with Crippen LogP contribution in [0.3, 0.4) is 0 Å². The first-order valence-corrected chi connectivity index (χ1v) is 6.21. The van der Waals surface area contributed by atoms with Crippen LogP contribution in [0.15, 0.2) is 18.3 Å². The molecule has 0 bridgehead atoms. The first-order chi connectivity index (χ1) is 7.84. The molecule has 1 aliphatic heterocycles. The second kappa shape index (κ2) is 5.85. The van der Waals surface area contributed by atoms with Gasteiger partial charge in [0, 0.05) is 5.69 Å². The molecular formula is C13H20N2O. The Hall–Kier alpha value is -1.09. The Morgan fingerprint density at radius 1 is 1.19 bits per heavy atom. The van der Waals surface area contributed by atoms with E-state index in [4.69, 9.17) is 5.11 Å². The molecule has 3 heteroatoms. The number of aromatic nitrogens is 1.